The van der Waals surface area contributed by atoms with Crippen LogP contribution in [0, 0.1) is 0 Å². The number of benzene rings is 1. The van der Waals surface area contributed by atoms with Crippen molar-refractivity contribution in [2.75, 3.05) is 24.5 Å². The van der Waals surface area contributed by atoms with Gasteiger partial charge < -0.3 is 4.90 Å². The summed E-state index contributed by atoms with van der Waals surface area (Å²) in [4.78, 5) is 13.9. The van der Waals surface area contributed by atoms with Crippen molar-refractivity contribution in [3.63, 3.8) is 0 Å². The standard InChI is InChI=1S/C22H25N5O3S/c1-16(28)26-13-5-6-17-14-19(9-10-20(17)26)31(29,30)25-11-4-7-18(15-25)22-24-23-21-8-2-3-12-27(21)22/h2-3,8-10,12,14,18H,4-7,11,13,15H2,1H3. The molecule has 0 N–H and O–H groups in total. The Bertz CT molecular complexity index is 1250. The number of rotatable bonds is 3. The second-order valence-electron chi connectivity index (χ2n) is 8.25. The summed E-state index contributed by atoms with van der Waals surface area (Å²) in [5, 5.41) is 8.57. The molecule has 2 aliphatic rings. The topological polar surface area (TPSA) is 87.9 Å². The number of carbonyl (C=O) groups excluding carboxylic acids is 1. The third kappa shape index (κ3) is 3.51. The van der Waals surface area contributed by atoms with Crippen molar-refractivity contribution in [3.05, 3.63) is 54.0 Å². The maximum absolute atomic E-state index is 13.5. The highest BCUT2D eigenvalue weighted by atomic mass is 32.2. The van der Waals surface area contributed by atoms with Crippen molar-refractivity contribution in [2.24, 2.45) is 0 Å². The summed E-state index contributed by atoms with van der Waals surface area (Å²) in [6.45, 7) is 3.09. The molecular formula is C22H25N5O3S. The number of carbonyl (C=O) groups is 1. The molecule has 1 amide bonds. The fraction of sp³-hybridized carbons (Fsp3) is 0.409. The van der Waals surface area contributed by atoms with Crippen molar-refractivity contribution in [2.45, 2.75) is 43.4 Å². The number of hydrogen-bond donors (Lipinski definition) is 0. The van der Waals surface area contributed by atoms with Gasteiger partial charge in [-0.25, -0.2) is 8.42 Å². The van der Waals surface area contributed by atoms with E-state index in [1.54, 1.807) is 34.3 Å². The Hall–Kier alpha value is -2.78. The fourth-order valence-electron chi connectivity index (χ4n) is 4.72. The van der Waals surface area contributed by atoms with E-state index in [0.29, 0.717) is 24.5 Å². The lowest BCUT2D eigenvalue weighted by atomic mass is 9.99. The molecule has 1 fully saturated rings. The molecule has 0 aliphatic carbocycles. The normalized spacial score (nSPS) is 20.0. The van der Waals surface area contributed by atoms with Gasteiger partial charge in [0.1, 0.15) is 5.82 Å². The van der Waals surface area contributed by atoms with Crippen molar-refractivity contribution in [3.8, 4) is 0 Å². The van der Waals surface area contributed by atoms with E-state index in [2.05, 4.69) is 10.2 Å². The van der Waals surface area contributed by atoms with E-state index in [9.17, 15) is 13.2 Å². The third-order valence-corrected chi connectivity index (χ3v) is 8.14. The smallest absolute Gasteiger partial charge is 0.243 e. The summed E-state index contributed by atoms with van der Waals surface area (Å²) in [6.07, 6.45) is 5.18. The van der Waals surface area contributed by atoms with Gasteiger partial charge in [0.05, 0.1) is 4.90 Å². The Morgan fingerprint density at radius 3 is 2.81 bits per heavy atom. The number of nitrogens with zero attached hydrogens (tertiary/aromatic N) is 5. The molecule has 1 atom stereocenters. The molecule has 9 heteroatoms. The van der Waals surface area contributed by atoms with E-state index in [-0.39, 0.29) is 11.8 Å². The van der Waals surface area contributed by atoms with Crippen LogP contribution in [0.2, 0.25) is 0 Å². The minimum absolute atomic E-state index is 0.00763. The molecule has 4 heterocycles. The van der Waals surface area contributed by atoms with Crippen LogP contribution < -0.4 is 4.90 Å². The average Bonchev–Trinajstić information content (AvgIpc) is 3.22. The lowest BCUT2D eigenvalue weighted by Gasteiger charge is -2.32. The maximum Gasteiger partial charge on any atom is 0.243 e. The van der Waals surface area contributed by atoms with Crippen molar-refractivity contribution >= 4 is 27.3 Å². The summed E-state index contributed by atoms with van der Waals surface area (Å²) >= 11 is 0. The maximum atomic E-state index is 13.5. The fourth-order valence-corrected chi connectivity index (χ4v) is 6.29. The van der Waals surface area contributed by atoms with Gasteiger partial charge in [-0.3, -0.25) is 9.20 Å². The lowest BCUT2D eigenvalue weighted by Crippen LogP contribution is -2.39. The van der Waals surface area contributed by atoms with Crippen LogP contribution in [-0.2, 0) is 21.2 Å². The van der Waals surface area contributed by atoms with Gasteiger partial charge >= 0.3 is 0 Å². The zero-order valence-electron chi connectivity index (χ0n) is 17.4. The van der Waals surface area contributed by atoms with Gasteiger partial charge in [0.2, 0.25) is 15.9 Å². The predicted octanol–water partition coefficient (Wildman–Crippen LogP) is 2.60. The molecule has 1 aromatic carbocycles. The van der Waals surface area contributed by atoms with Crippen LogP contribution in [0.5, 0.6) is 0 Å². The number of amides is 1. The molecule has 0 bridgehead atoms. The summed E-state index contributed by atoms with van der Waals surface area (Å²) < 4.78 is 30.4. The highest BCUT2D eigenvalue weighted by Gasteiger charge is 2.33. The zero-order valence-corrected chi connectivity index (χ0v) is 18.3. The summed E-state index contributed by atoms with van der Waals surface area (Å²) in [7, 11) is -3.64. The van der Waals surface area contributed by atoms with Crippen LogP contribution in [0.25, 0.3) is 5.65 Å². The van der Waals surface area contributed by atoms with Gasteiger partial charge in [0, 0.05) is 44.4 Å². The molecule has 0 radical (unpaired) electrons. The molecule has 2 aliphatic heterocycles. The third-order valence-electron chi connectivity index (χ3n) is 6.28. The molecule has 31 heavy (non-hydrogen) atoms. The van der Waals surface area contributed by atoms with Crippen LogP contribution >= 0.6 is 0 Å². The Balaban J connectivity index is 1.43. The van der Waals surface area contributed by atoms with E-state index in [0.717, 1.165) is 48.4 Å². The largest absolute Gasteiger partial charge is 0.312 e. The molecule has 0 spiro atoms. The summed E-state index contributed by atoms with van der Waals surface area (Å²) in [5.74, 6) is 0.778. The molecule has 3 aromatic rings. The molecule has 5 rings (SSSR count). The first-order valence-corrected chi connectivity index (χ1v) is 12.1. The van der Waals surface area contributed by atoms with Gasteiger partial charge in [0.25, 0.3) is 0 Å². The average molecular weight is 440 g/mol. The molecule has 0 saturated carbocycles. The van der Waals surface area contributed by atoms with E-state index in [1.807, 2.05) is 28.8 Å². The lowest BCUT2D eigenvalue weighted by molar-refractivity contribution is -0.116. The van der Waals surface area contributed by atoms with E-state index >= 15 is 0 Å². The highest BCUT2D eigenvalue weighted by molar-refractivity contribution is 7.89. The van der Waals surface area contributed by atoms with Crippen LogP contribution in [0.4, 0.5) is 5.69 Å². The Kier molecular flexibility index (Phi) is 5.02. The van der Waals surface area contributed by atoms with Crippen LogP contribution in [0.1, 0.15) is 43.5 Å². The van der Waals surface area contributed by atoms with Gasteiger partial charge in [-0.1, -0.05) is 6.07 Å². The van der Waals surface area contributed by atoms with E-state index in [4.69, 9.17) is 0 Å². The summed E-state index contributed by atoms with van der Waals surface area (Å²) in [5.41, 5.74) is 2.51. The SMILES string of the molecule is CC(=O)N1CCCc2cc(S(=O)(=O)N3CCCC(c4nnc5ccccn45)C3)ccc21. The molecule has 1 unspecified atom stereocenters. The van der Waals surface area contributed by atoms with Crippen LogP contribution in [0.3, 0.4) is 0 Å². The van der Waals surface area contributed by atoms with Crippen molar-refractivity contribution < 1.29 is 13.2 Å². The second-order valence-corrected chi connectivity index (χ2v) is 10.2. The van der Waals surface area contributed by atoms with Crippen molar-refractivity contribution in [1.29, 1.82) is 0 Å². The number of hydrogen-bond acceptors (Lipinski definition) is 5. The Labute approximate surface area is 181 Å². The number of piperidine rings is 1. The number of aryl methyl sites for hydroxylation is 1. The van der Waals surface area contributed by atoms with Gasteiger partial charge in [-0.05, 0) is 61.6 Å². The first-order valence-electron chi connectivity index (χ1n) is 10.7. The summed E-state index contributed by atoms with van der Waals surface area (Å²) in [6, 6.07) is 10.9. The quantitative estimate of drug-likeness (QED) is 0.626. The molecule has 1 saturated heterocycles. The van der Waals surface area contributed by atoms with Gasteiger partial charge in [-0.15, -0.1) is 10.2 Å². The molecule has 162 valence electrons. The zero-order chi connectivity index (χ0) is 21.6. The minimum atomic E-state index is -3.64. The Morgan fingerprint density at radius 1 is 1.10 bits per heavy atom. The number of sulfonamides is 1. The highest BCUT2D eigenvalue weighted by Crippen LogP contribution is 2.33. The minimum Gasteiger partial charge on any atom is -0.312 e. The van der Waals surface area contributed by atoms with Gasteiger partial charge in [-0.2, -0.15) is 4.31 Å². The van der Waals surface area contributed by atoms with Crippen molar-refractivity contribution in [1.82, 2.24) is 18.9 Å². The van der Waals surface area contributed by atoms with E-state index in [1.165, 1.54) is 0 Å². The number of pyridine rings is 1. The van der Waals surface area contributed by atoms with Crippen LogP contribution in [0.15, 0.2) is 47.5 Å². The molecule has 2 aromatic heterocycles. The first-order chi connectivity index (χ1) is 14.9. The second kappa shape index (κ2) is 7.72. The number of anilines is 1. The monoisotopic (exact) mass is 439 g/mol. The first kappa shape index (κ1) is 20.1. The number of aromatic nitrogens is 3. The Morgan fingerprint density at radius 2 is 1.97 bits per heavy atom. The van der Waals surface area contributed by atoms with E-state index < -0.39 is 10.0 Å². The van der Waals surface area contributed by atoms with Crippen LogP contribution in [-0.4, -0.2) is 52.9 Å². The molecular weight excluding hydrogens is 414 g/mol. The predicted molar refractivity (Wildman–Crippen MR) is 117 cm³/mol. The molecule has 8 nitrogen and oxygen atoms in total. The van der Waals surface area contributed by atoms with Gasteiger partial charge in [0.15, 0.2) is 5.65 Å². The number of fused-ring (bicyclic) bond motifs is 2.